The smallest absolute Gasteiger partial charge is 0.164 e. The molecule has 2 aromatic heterocycles. The molecule has 222 valence electrons. The molecule has 0 aliphatic heterocycles. The number of aromatic nitrogens is 4. The number of fused-ring (bicyclic) bond motifs is 6. The van der Waals surface area contributed by atoms with Crippen LogP contribution in [-0.4, -0.2) is 19.5 Å². The third-order valence-electron chi connectivity index (χ3n) is 9.44. The zero-order chi connectivity index (χ0) is 30.8. The third-order valence-corrected chi connectivity index (χ3v) is 9.44. The van der Waals surface area contributed by atoms with Crippen LogP contribution in [0.5, 0.6) is 0 Å². The van der Waals surface area contributed by atoms with Gasteiger partial charge in [-0.3, -0.25) is 0 Å². The Kier molecular flexibility index (Phi) is 5.81. The Morgan fingerprint density at radius 2 is 1.04 bits per heavy atom. The highest BCUT2D eigenvalue weighted by Gasteiger charge is 2.36. The Morgan fingerprint density at radius 1 is 0.457 bits per heavy atom. The van der Waals surface area contributed by atoms with Gasteiger partial charge in [0.25, 0.3) is 0 Å². The molecular formula is C42H34N4. The molecule has 0 saturated heterocycles. The molecule has 0 saturated carbocycles. The van der Waals surface area contributed by atoms with Crippen LogP contribution in [0.25, 0.3) is 72.8 Å². The average Bonchev–Trinajstić information content (AvgIpc) is 3.56. The Morgan fingerprint density at radius 3 is 1.76 bits per heavy atom. The number of benzene rings is 6. The molecule has 0 atom stereocenters. The van der Waals surface area contributed by atoms with Gasteiger partial charge < -0.3 is 4.57 Å². The molecule has 0 spiro atoms. The van der Waals surface area contributed by atoms with Crippen LogP contribution in [-0.2, 0) is 5.41 Å². The van der Waals surface area contributed by atoms with Crippen molar-refractivity contribution in [2.45, 2.75) is 19.3 Å². The first kappa shape index (κ1) is 26.5. The van der Waals surface area contributed by atoms with E-state index in [4.69, 9.17) is 15.0 Å². The van der Waals surface area contributed by atoms with E-state index in [-0.39, 0.29) is 8.27 Å². The zero-order valence-corrected chi connectivity index (χ0v) is 25.6. The summed E-state index contributed by atoms with van der Waals surface area (Å²) in [6.45, 7) is 4.68. The van der Waals surface area contributed by atoms with Crippen molar-refractivity contribution < 1.29 is 2.85 Å². The molecular weight excluding hydrogens is 560 g/mol. The molecule has 0 bridgehead atoms. The van der Waals surface area contributed by atoms with E-state index in [1.807, 2.05) is 60.7 Å². The first-order valence-corrected chi connectivity index (χ1v) is 15.7. The Balaban J connectivity index is 0.00000182. The monoisotopic (exact) mass is 594 g/mol. The summed E-state index contributed by atoms with van der Waals surface area (Å²) in [6.07, 6.45) is 0. The SMILES string of the molecule is CC1(C)c2ccccc2-c2cc3c4ccccc4n(-c4cccc(-c5nc(-c6ccccc6)nc(-c6ccccc6)n5)c4)c3cc21.[HH].[HH]. The molecule has 0 fully saturated rings. The predicted octanol–water partition coefficient (Wildman–Crippen LogP) is 10.8. The minimum Gasteiger partial charge on any atom is -0.309 e. The van der Waals surface area contributed by atoms with Crippen LogP contribution in [0.4, 0.5) is 0 Å². The van der Waals surface area contributed by atoms with E-state index < -0.39 is 0 Å². The van der Waals surface area contributed by atoms with Crippen molar-refractivity contribution in [1.82, 2.24) is 19.5 Å². The fourth-order valence-corrected chi connectivity index (χ4v) is 7.16. The van der Waals surface area contributed by atoms with Gasteiger partial charge in [0.1, 0.15) is 0 Å². The van der Waals surface area contributed by atoms with Crippen molar-refractivity contribution in [1.29, 1.82) is 0 Å². The lowest BCUT2D eigenvalue weighted by Crippen LogP contribution is -2.14. The van der Waals surface area contributed by atoms with Crippen molar-refractivity contribution in [2.75, 3.05) is 0 Å². The molecule has 8 aromatic rings. The topological polar surface area (TPSA) is 43.6 Å². The predicted molar refractivity (Wildman–Crippen MR) is 192 cm³/mol. The molecule has 0 amide bonds. The van der Waals surface area contributed by atoms with Crippen LogP contribution in [0.3, 0.4) is 0 Å². The van der Waals surface area contributed by atoms with E-state index >= 15 is 0 Å². The number of rotatable bonds is 4. The van der Waals surface area contributed by atoms with Gasteiger partial charge in [-0.25, -0.2) is 15.0 Å². The maximum absolute atomic E-state index is 5.00. The second-order valence-corrected chi connectivity index (χ2v) is 12.5. The molecule has 0 unspecified atom stereocenters. The minimum atomic E-state index is -0.0875. The molecule has 6 aromatic carbocycles. The van der Waals surface area contributed by atoms with Gasteiger partial charge in [-0.1, -0.05) is 129 Å². The first-order valence-electron chi connectivity index (χ1n) is 15.7. The van der Waals surface area contributed by atoms with Gasteiger partial charge in [-0.15, -0.1) is 0 Å². The summed E-state index contributed by atoms with van der Waals surface area (Å²) >= 11 is 0. The van der Waals surface area contributed by atoms with Crippen LogP contribution in [0, 0.1) is 0 Å². The van der Waals surface area contributed by atoms with E-state index in [1.54, 1.807) is 0 Å². The Bertz CT molecular complexity index is 2390. The van der Waals surface area contributed by atoms with Gasteiger partial charge in [0.05, 0.1) is 11.0 Å². The number of para-hydroxylation sites is 1. The van der Waals surface area contributed by atoms with Gasteiger partial charge in [-0.05, 0) is 52.6 Å². The van der Waals surface area contributed by atoms with E-state index in [0.29, 0.717) is 17.5 Å². The van der Waals surface area contributed by atoms with E-state index in [0.717, 1.165) is 22.4 Å². The second-order valence-electron chi connectivity index (χ2n) is 12.5. The minimum absolute atomic E-state index is 0. The van der Waals surface area contributed by atoms with Crippen molar-refractivity contribution in [2.24, 2.45) is 0 Å². The highest BCUT2D eigenvalue weighted by atomic mass is 15.0. The highest BCUT2D eigenvalue weighted by Crippen LogP contribution is 2.51. The van der Waals surface area contributed by atoms with Crippen LogP contribution < -0.4 is 0 Å². The van der Waals surface area contributed by atoms with Crippen molar-refractivity contribution in [3.63, 3.8) is 0 Å². The lowest BCUT2D eigenvalue weighted by atomic mass is 9.82. The second kappa shape index (κ2) is 10.1. The maximum Gasteiger partial charge on any atom is 0.164 e. The van der Waals surface area contributed by atoms with Crippen LogP contribution in [0.1, 0.15) is 27.8 Å². The maximum atomic E-state index is 5.00. The first-order chi connectivity index (χ1) is 22.6. The quantitative estimate of drug-likeness (QED) is 0.204. The molecule has 4 nitrogen and oxygen atoms in total. The Labute approximate surface area is 270 Å². The number of hydrogen-bond acceptors (Lipinski definition) is 3. The molecule has 9 rings (SSSR count). The summed E-state index contributed by atoms with van der Waals surface area (Å²) in [5.74, 6) is 1.96. The standard InChI is InChI=1S/C42H30N4.2H2/c1-42(2)35-22-11-9-20-31(35)33-25-34-32-21-10-12-23-37(32)46(38(34)26-36(33)42)30-19-13-18-29(24-30)41-44-39(27-14-5-3-6-15-27)43-40(45-41)28-16-7-4-8-17-28;;/h3-26H,1-2H3;2*1H. The van der Waals surface area contributed by atoms with Crippen LogP contribution in [0.2, 0.25) is 0 Å². The van der Waals surface area contributed by atoms with Crippen molar-refractivity contribution >= 4 is 21.8 Å². The summed E-state index contributed by atoms with van der Waals surface area (Å²) in [4.78, 5) is 14.9. The lowest BCUT2D eigenvalue weighted by molar-refractivity contribution is 0.661. The zero-order valence-electron chi connectivity index (χ0n) is 25.6. The van der Waals surface area contributed by atoms with Gasteiger partial charge in [0, 0.05) is 41.4 Å². The van der Waals surface area contributed by atoms with Crippen molar-refractivity contribution in [3.05, 3.63) is 157 Å². The molecule has 46 heavy (non-hydrogen) atoms. The summed E-state index contributed by atoms with van der Waals surface area (Å²) in [6, 6.07) is 51.2. The molecule has 4 heteroatoms. The van der Waals surface area contributed by atoms with Crippen LogP contribution >= 0.6 is 0 Å². The fraction of sp³-hybridized carbons (Fsp3) is 0.0714. The summed E-state index contributed by atoms with van der Waals surface area (Å²) in [5.41, 5.74) is 11.6. The summed E-state index contributed by atoms with van der Waals surface area (Å²) in [5, 5.41) is 2.50. The highest BCUT2D eigenvalue weighted by molar-refractivity contribution is 6.11. The third kappa shape index (κ3) is 4.04. The molecule has 0 radical (unpaired) electrons. The van der Waals surface area contributed by atoms with Gasteiger partial charge in [-0.2, -0.15) is 0 Å². The van der Waals surface area contributed by atoms with Gasteiger partial charge in [0.2, 0.25) is 0 Å². The number of nitrogens with zero attached hydrogens (tertiary/aromatic N) is 4. The normalized spacial score (nSPS) is 13.2. The molecule has 1 aliphatic rings. The molecule has 2 heterocycles. The van der Waals surface area contributed by atoms with E-state index in [1.165, 1.54) is 44.1 Å². The van der Waals surface area contributed by atoms with E-state index in [9.17, 15) is 0 Å². The van der Waals surface area contributed by atoms with Crippen molar-refractivity contribution in [3.8, 4) is 51.0 Å². The lowest BCUT2D eigenvalue weighted by Gasteiger charge is -2.21. The fourth-order valence-electron chi connectivity index (χ4n) is 7.16. The van der Waals surface area contributed by atoms with Gasteiger partial charge >= 0.3 is 0 Å². The summed E-state index contributed by atoms with van der Waals surface area (Å²) in [7, 11) is 0. The van der Waals surface area contributed by atoms with Gasteiger partial charge in [0.15, 0.2) is 17.5 Å². The molecule has 0 N–H and O–H groups in total. The largest absolute Gasteiger partial charge is 0.309 e. The summed E-state index contributed by atoms with van der Waals surface area (Å²) < 4.78 is 2.39. The van der Waals surface area contributed by atoms with Crippen LogP contribution in [0.15, 0.2) is 146 Å². The number of hydrogen-bond donors (Lipinski definition) is 0. The Hall–Kier alpha value is -5.87. The molecule has 1 aliphatic carbocycles. The van der Waals surface area contributed by atoms with E-state index in [2.05, 4.69) is 103 Å². The average molecular weight is 595 g/mol.